The van der Waals surface area contributed by atoms with Crippen molar-refractivity contribution >= 4 is 16.3 Å². The number of anilines is 1. The van der Waals surface area contributed by atoms with Crippen LogP contribution < -0.4 is 10.5 Å². The summed E-state index contributed by atoms with van der Waals surface area (Å²) in [6.45, 7) is 2.09. The molecule has 0 radical (unpaired) electrons. The van der Waals surface area contributed by atoms with Crippen molar-refractivity contribution < 1.29 is 4.74 Å². The largest absolute Gasteiger partial charge is 0.467 e. The Labute approximate surface area is 75.6 Å². The summed E-state index contributed by atoms with van der Waals surface area (Å²) in [5.74, 6) is 0.745. The van der Waals surface area contributed by atoms with Crippen molar-refractivity contribution in [1.29, 1.82) is 0 Å². The summed E-state index contributed by atoms with van der Waals surface area (Å²) in [4.78, 5) is 4.04. The van der Waals surface area contributed by atoms with Crippen LogP contribution in [0.1, 0.15) is 19.8 Å². The van der Waals surface area contributed by atoms with E-state index in [1.54, 1.807) is 6.20 Å². The zero-order valence-electron chi connectivity index (χ0n) is 6.99. The van der Waals surface area contributed by atoms with Gasteiger partial charge in [-0.25, -0.2) is 4.98 Å². The van der Waals surface area contributed by atoms with Gasteiger partial charge in [0.25, 0.3) is 5.19 Å². The molecule has 3 nitrogen and oxygen atoms in total. The molecule has 2 N–H and O–H groups in total. The minimum absolute atomic E-state index is 0.301. The molecule has 1 aliphatic carbocycles. The first kappa shape index (κ1) is 7.86. The fourth-order valence-electron chi connectivity index (χ4n) is 1.15. The monoisotopic (exact) mass is 184 g/mol. The van der Waals surface area contributed by atoms with Crippen molar-refractivity contribution in [3.63, 3.8) is 0 Å². The van der Waals surface area contributed by atoms with E-state index in [1.165, 1.54) is 24.2 Å². The van der Waals surface area contributed by atoms with Crippen LogP contribution in [0.2, 0.25) is 0 Å². The number of nitrogens with two attached hydrogens (primary N) is 1. The van der Waals surface area contributed by atoms with Gasteiger partial charge in [-0.1, -0.05) is 11.3 Å². The lowest BCUT2D eigenvalue weighted by Gasteiger charge is -2.09. The third-order valence-corrected chi connectivity index (χ3v) is 2.79. The Bertz CT molecular complexity index is 270. The van der Waals surface area contributed by atoms with Crippen molar-refractivity contribution in [2.75, 3.05) is 5.73 Å². The maximum Gasteiger partial charge on any atom is 0.275 e. The van der Waals surface area contributed by atoms with Gasteiger partial charge in [-0.05, 0) is 25.7 Å². The molecule has 0 aromatic carbocycles. The van der Waals surface area contributed by atoms with E-state index < -0.39 is 0 Å². The van der Waals surface area contributed by atoms with Gasteiger partial charge in [0.05, 0.1) is 6.20 Å². The fourth-order valence-corrected chi connectivity index (χ4v) is 1.76. The molecule has 12 heavy (non-hydrogen) atoms. The maximum atomic E-state index is 5.59. The van der Waals surface area contributed by atoms with Gasteiger partial charge < -0.3 is 10.5 Å². The molecule has 1 aromatic rings. The second-order valence-electron chi connectivity index (χ2n) is 3.19. The summed E-state index contributed by atoms with van der Waals surface area (Å²) in [7, 11) is 0. The molecule has 1 saturated carbocycles. The standard InChI is InChI=1S/C8H12N2OS/c1-5(6-2-3-6)11-8-10-4-7(9)12-8/h4-6H,2-3,9H2,1H3. The van der Waals surface area contributed by atoms with E-state index in [-0.39, 0.29) is 0 Å². The highest BCUT2D eigenvalue weighted by atomic mass is 32.1. The molecule has 0 amide bonds. The molecular formula is C8H12N2OS. The number of ether oxygens (including phenoxy) is 1. The number of rotatable bonds is 3. The summed E-state index contributed by atoms with van der Waals surface area (Å²) >= 11 is 1.41. The first-order chi connectivity index (χ1) is 5.75. The zero-order chi connectivity index (χ0) is 8.55. The number of hydrogen-bond acceptors (Lipinski definition) is 4. The van der Waals surface area contributed by atoms with Gasteiger partial charge in [0.15, 0.2) is 0 Å². The smallest absolute Gasteiger partial charge is 0.275 e. The summed E-state index contributed by atoms with van der Waals surface area (Å²) in [5.41, 5.74) is 5.52. The molecule has 1 heterocycles. The predicted octanol–water partition coefficient (Wildman–Crippen LogP) is 1.90. The number of nitrogen functional groups attached to an aromatic ring is 1. The summed E-state index contributed by atoms with van der Waals surface area (Å²) in [6.07, 6.45) is 4.53. The second kappa shape index (κ2) is 2.94. The number of thiazole rings is 1. The highest BCUT2D eigenvalue weighted by Gasteiger charge is 2.29. The third-order valence-electron chi connectivity index (χ3n) is 2.07. The fraction of sp³-hybridized carbons (Fsp3) is 0.625. The lowest BCUT2D eigenvalue weighted by atomic mass is 10.3. The molecule has 2 rings (SSSR count). The molecule has 1 aromatic heterocycles. The van der Waals surface area contributed by atoms with E-state index >= 15 is 0 Å². The molecule has 1 unspecified atom stereocenters. The maximum absolute atomic E-state index is 5.59. The Morgan fingerprint density at radius 2 is 2.50 bits per heavy atom. The Morgan fingerprint density at radius 3 is 3.00 bits per heavy atom. The van der Waals surface area contributed by atoms with E-state index in [0.717, 1.165) is 5.92 Å². The molecule has 0 saturated heterocycles. The minimum Gasteiger partial charge on any atom is -0.467 e. The van der Waals surface area contributed by atoms with Crippen molar-refractivity contribution in [2.45, 2.75) is 25.9 Å². The lowest BCUT2D eigenvalue weighted by Crippen LogP contribution is -2.13. The lowest BCUT2D eigenvalue weighted by molar-refractivity contribution is 0.197. The van der Waals surface area contributed by atoms with E-state index in [4.69, 9.17) is 10.5 Å². The first-order valence-electron chi connectivity index (χ1n) is 4.13. The first-order valence-corrected chi connectivity index (χ1v) is 4.95. The van der Waals surface area contributed by atoms with Gasteiger partial charge in [-0.3, -0.25) is 0 Å². The minimum atomic E-state index is 0.301. The average molecular weight is 184 g/mol. The van der Waals surface area contributed by atoms with Crippen molar-refractivity contribution in [3.8, 4) is 5.19 Å². The molecule has 0 aliphatic heterocycles. The predicted molar refractivity (Wildman–Crippen MR) is 49.3 cm³/mol. The van der Waals surface area contributed by atoms with E-state index in [2.05, 4.69) is 11.9 Å². The highest BCUT2D eigenvalue weighted by molar-refractivity contribution is 7.17. The Morgan fingerprint density at radius 1 is 1.75 bits per heavy atom. The van der Waals surface area contributed by atoms with E-state index in [9.17, 15) is 0 Å². The molecule has 0 spiro atoms. The van der Waals surface area contributed by atoms with Crippen LogP contribution in [-0.4, -0.2) is 11.1 Å². The third kappa shape index (κ3) is 1.69. The van der Waals surface area contributed by atoms with Crippen molar-refractivity contribution in [3.05, 3.63) is 6.20 Å². The van der Waals surface area contributed by atoms with Crippen LogP contribution in [0.3, 0.4) is 0 Å². The quantitative estimate of drug-likeness (QED) is 0.780. The molecular weight excluding hydrogens is 172 g/mol. The SMILES string of the molecule is CC(Oc1ncc(N)s1)C1CC1. The molecule has 1 atom stereocenters. The second-order valence-corrected chi connectivity index (χ2v) is 4.21. The van der Waals surface area contributed by atoms with Crippen LogP contribution in [0.15, 0.2) is 6.20 Å². The van der Waals surface area contributed by atoms with Crippen LogP contribution in [0.5, 0.6) is 5.19 Å². The van der Waals surface area contributed by atoms with Gasteiger partial charge in [0.2, 0.25) is 0 Å². The molecule has 66 valence electrons. The zero-order valence-corrected chi connectivity index (χ0v) is 7.80. The van der Waals surface area contributed by atoms with Crippen LogP contribution in [0.25, 0.3) is 0 Å². The van der Waals surface area contributed by atoms with Gasteiger partial charge >= 0.3 is 0 Å². The Kier molecular flexibility index (Phi) is 1.92. The number of aromatic nitrogens is 1. The highest BCUT2D eigenvalue weighted by Crippen LogP contribution is 2.35. The van der Waals surface area contributed by atoms with Crippen molar-refractivity contribution in [1.82, 2.24) is 4.98 Å². The van der Waals surface area contributed by atoms with Crippen LogP contribution in [0.4, 0.5) is 5.00 Å². The number of hydrogen-bond donors (Lipinski definition) is 1. The van der Waals surface area contributed by atoms with E-state index in [0.29, 0.717) is 16.3 Å². The molecule has 1 fully saturated rings. The van der Waals surface area contributed by atoms with Gasteiger partial charge in [-0.2, -0.15) is 0 Å². The Balaban J connectivity index is 1.93. The summed E-state index contributed by atoms with van der Waals surface area (Å²) in [5, 5.41) is 1.42. The summed E-state index contributed by atoms with van der Waals surface area (Å²) in [6, 6.07) is 0. The molecule has 0 bridgehead atoms. The normalized spacial score (nSPS) is 19.1. The van der Waals surface area contributed by atoms with Gasteiger partial charge in [0, 0.05) is 0 Å². The molecule has 4 heteroatoms. The van der Waals surface area contributed by atoms with Gasteiger partial charge in [0.1, 0.15) is 11.1 Å². The Hall–Kier alpha value is -0.770. The van der Waals surface area contributed by atoms with E-state index in [1.807, 2.05) is 0 Å². The topological polar surface area (TPSA) is 48.1 Å². The van der Waals surface area contributed by atoms with Crippen LogP contribution in [-0.2, 0) is 0 Å². The number of nitrogens with zero attached hydrogens (tertiary/aromatic N) is 1. The van der Waals surface area contributed by atoms with Gasteiger partial charge in [-0.15, -0.1) is 0 Å². The van der Waals surface area contributed by atoms with Crippen LogP contribution in [0, 0.1) is 5.92 Å². The molecule has 1 aliphatic rings. The van der Waals surface area contributed by atoms with Crippen LogP contribution >= 0.6 is 11.3 Å². The van der Waals surface area contributed by atoms with Crippen molar-refractivity contribution in [2.24, 2.45) is 5.92 Å². The average Bonchev–Trinajstić information content (AvgIpc) is 2.78. The summed E-state index contributed by atoms with van der Waals surface area (Å²) < 4.78 is 5.59.